The number of carbonyl (C=O) groups excluding carboxylic acids is 2. The van der Waals surface area contributed by atoms with Crippen LogP contribution in [0.2, 0.25) is 0 Å². The van der Waals surface area contributed by atoms with Crippen LogP contribution in [0.15, 0.2) is 28.0 Å². The van der Waals surface area contributed by atoms with Crippen molar-refractivity contribution in [2.45, 2.75) is 66.2 Å². The van der Waals surface area contributed by atoms with Gasteiger partial charge in [-0.15, -0.1) is 11.8 Å². The monoisotopic (exact) mass is 410 g/mol. The highest BCUT2D eigenvalue weighted by atomic mass is 32.2. The second-order valence-electron chi connectivity index (χ2n) is 7.26. The van der Waals surface area contributed by atoms with E-state index in [9.17, 15) is 18.0 Å². The number of anilines is 1. The average molecular weight is 411 g/mol. The Morgan fingerprint density at radius 3 is 2.59 bits per heavy atom. The van der Waals surface area contributed by atoms with Crippen LogP contribution in [0.25, 0.3) is 0 Å². The molecule has 0 saturated carbocycles. The van der Waals surface area contributed by atoms with E-state index in [1.54, 1.807) is 24.0 Å². The lowest BCUT2D eigenvalue weighted by Crippen LogP contribution is -2.35. The van der Waals surface area contributed by atoms with E-state index < -0.39 is 15.1 Å². The van der Waals surface area contributed by atoms with E-state index in [1.165, 1.54) is 17.8 Å². The lowest BCUT2D eigenvalue weighted by Gasteiger charge is -2.24. The van der Waals surface area contributed by atoms with Crippen LogP contribution in [-0.2, 0) is 19.4 Å². The second kappa shape index (κ2) is 8.22. The van der Waals surface area contributed by atoms with E-state index in [0.717, 1.165) is 30.6 Å². The van der Waals surface area contributed by atoms with Crippen molar-refractivity contribution in [3.8, 4) is 0 Å². The van der Waals surface area contributed by atoms with Gasteiger partial charge in [0, 0.05) is 24.4 Å². The van der Waals surface area contributed by atoms with Crippen LogP contribution in [-0.4, -0.2) is 48.7 Å². The minimum Gasteiger partial charge on any atom is -0.343 e. The Morgan fingerprint density at radius 2 is 1.93 bits per heavy atom. The van der Waals surface area contributed by atoms with Gasteiger partial charge in [-0.25, -0.2) is 8.42 Å². The van der Waals surface area contributed by atoms with Crippen molar-refractivity contribution < 1.29 is 18.0 Å². The first-order valence-electron chi connectivity index (χ1n) is 9.42. The number of sulfone groups is 1. The van der Waals surface area contributed by atoms with Crippen LogP contribution in [0, 0.1) is 0 Å². The Hall–Kier alpha value is -1.54. The van der Waals surface area contributed by atoms with Crippen LogP contribution >= 0.6 is 11.8 Å². The maximum absolute atomic E-state index is 13.0. The molecule has 1 aromatic carbocycles. The van der Waals surface area contributed by atoms with Crippen molar-refractivity contribution in [3.05, 3.63) is 18.2 Å². The van der Waals surface area contributed by atoms with Gasteiger partial charge in [0.05, 0.1) is 21.1 Å². The SMILES string of the molecule is C[C@@H]1Sc2ccc(S(=O)(=O)[C@@H](C)CC(=O)N3CCCCCC3)cc2NC1=O. The summed E-state index contributed by atoms with van der Waals surface area (Å²) < 4.78 is 25.9. The Labute approximate surface area is 165 Å². The quantitative estimate of drug-likeness (QED) is 0.825. The van der Waals surface area contributed by atoms with E-state index >= 15 is 0 Å². The van der Waals surface area contributed by atoms with Crippen molar-refractivity contribution in [1.82, 2.24) is 4.90 Å². The lowest BCUT2D eigenvalue weighted by atomic mass is 10.2. The van der Waals surface area contributed by atoms with Gasteiger partial charge in [-0.3, -0.25) is 9.59 Å². The Bertz CT molecular complexity index is 830. The number of thioether (sulfide) groups is 1. The third kappa shape index (κ3) is 4.48. The fourth-order valence-electron chi connectivity index (χ4n) is 3.40. The number of carbonyl (C=O) groups is 2. The zero-order valence-electron chi connectivity index (χ0n) is 15.7. The summed E-state index contributed by atoms with van der Waals surface area (Å²) in [5, 5.41) is 1.75. The average Bonchev–Trinajstić information content (AvgIpc) is 2.91. The number of hydrogen-bond acceptors (Lipinski definition) is 5. The molecule has 2 heterocycles. The smallest absolute Gasteiger partial charge is 0.237 e. The van der Waals surface area contributed by atoms with Gasteiger partial charge in [-0.05, 0) is 44.9 Å². The molecule has 2 aliphatic rings. The molecule has 1 N–H and O–H groups in total. The predicted octanol–water partition coefficient (Wildman–Crippen LogP) is 3.07. The molecule has 27 heavy (non-hydrogen) atoms. The number of hydrogen-bond donors (Lipinski definition) is 1. The molecular weight excluding hydrogens is 384 g/mol. The number of fused-ring (bicyclic) bond motifs is 1. The molecule has 0 aromatic heterocycles. The normalized spacial score (nSPS) is 21.8. The van der Waals surface area contributed by atoms with Crippen molar-refractivity contribution in [3.63, 3.8) is 0 Å². The Kier molecular flexibility index (Phi) is 6.15. The number of amides is 2. The molecule has 1 fully saturated rings. The fraction of sp³-hybridized carbons (Fsp3) is 0.579. The summed E-state index contributed by atoms with van der Waals surface area (Å²) in [6.07, 6.45) is 4.18. The first-order valence-corrected chi connectivity index (χ1v) is 11.8. The van der Waals surface area contributed by atoms with Gasteiger partial charge in [0.2, 0.25) is 11.8 Å². The van der Waals surface area contributed by atoms with E-state index in [1.807, 2.05) is 6.92 Å². The minimum atomic E-state index is -3.65. The zero-order chi connectivity index (χ0) is 19.6. The van der Waals surface area contributed by atoms with E-state index in [0.29, 0.717) is 18.8 Å². The molecule has 8 heteroatoms. The Morgan fingerprint density at radius 1 is 1.26 bits per heavy atom. The van der Waals surface area contributed by atoms with Gasteiger partial charge in [0.15, 0.2) is 9.84 Å². The van der Waals surface area contributed by atoms with Crippen molar-refractivity contribution >= 4 is 39.1 Å². The van der Waals surface area contributed by atoms with Gasteiger partial charge < -0.3 is 10.2 Å². The molecule has 0 radical (unpaired) electrons. The molecule has 1 saturated heterocycles. The van der Waals surface area contributed by atoms with Crippen LogP contribution in [0.3, 0.4) is 0 Å². The van der Waals surface area contributed by atoms with Crippen LogP contribution in [0.5, 0.6) is 0 Å². The fourth-order valence-corrected chi connectivity index (χ4v) is 5.70. The molecule has 2 aliphatic heterocycles. The lowest BCUT2D eigenvalue weighted by molar-refractivity contribution is -0.131. The van der Waals surface area contributed by atoms with Crippen molar-refractivity contribution in [2.24, 2.45) is 0 Å². The number of rotatable bonds is 4. The van der Waals surface area contributed by atoms with Crippen LogP contribution < -0.4 is 5.32 Å². The van der Waals surface area contributed by atoms with Gasteiger partial charge >= 0.3 is 0 Å². The van der Waals surface area contributed by atoms with Crippen molar-refractivity contribution in [1.29, 1.82) is 0 Å². The van der Waals surface area contributed by atoms with Crippen LogP contribution in [0.1, 0.15) is 46.0 Å². The van der Waals surface area contributed by atoms with Gasteiger partial charge in [-0.1, -0.05) is 12.8 Å². The van der Waals surface area contributed by atoms with Gasteiger partial charge in [0.1, 0.15) is 0 Å². The second-order valence-corrected chi connectivity index (χ2v) is 11.0. The molecule has 0 aliphatic carbocycles. The summed E-state index contributed by atoms with van der Waals surface area (Å²) in [4.78, 5) is 27.2. The molecule has 3 rings (SSSR count). The molecule has 1 aromatic rings. The third-order valence-corrected chi connectivity index (χ3v) is 8.48. The highest BCUT2D eigenvalue weighted by molar-refractivity contribution is 8.01. The Balaban J connectivity index is 1.74. The number of likely N-dealkylation sites (tertiary alicyclic amines) is 1. The van der Waals surface area contributed by atoms with Gasteiger partial charge in [-0.2, -0.15) is 0 Å². The van der Waals surface area contributed by atoms with E-state index in [-0.39, 0.29) is 28.4 Å². The summed E-state index contributed by atoms with van der Waals surface area (Å²) in [5.41, 5.74) is 0.523. The van der Waals surface area contributed by atoms with Crippen LogP contribution in [0.4, 0.5) is 5.69 Å². The predicted molar refractivity (Wildman–Crippen MR) is 107 cm³/mol. The highest BCUT2D eigenvalue weighted by Crippen LogP contribution is 2.37. The first-order chi connectivity index (χ1) is 12.8. The number of nitrogens with one attached hydrogen (secondary N) is 1. The summed E-state index contributed by atoms with van der Waals surface area (Å²) in [7, 11) is -3.65. The molecule has 0 bridgehead atoms. The minimum absolute atomic E-state index is 0.0163. The number of nitrogens with zero attached hydrogens (tertiary/aromatic N) is 1. The highest BCUT2D eigenvalue weighted by Gasteiger charge is 2.30. The summed E-state index contributed by atoms with van der Waals surface area (Å²) >= 11 is 1.41. The van der Waals surface area contributed by atoms with Gasteiger partial charge in [0.25, 0.3) is 0 Å². The molecule has 2 atom stereocenters. The number of benzene rings is 1. The third-order valence-electron chi connectivity index (χ3n) is 5.16. The first kappa shape index (κ1) is 20.2. The topological polar surface area (TPSA) is 83.6 Å². The molecule has 148 valence electrons. The van der Waals surface area contributed by atoms with E-state index in [4.69, 9.17) is 0 Å². The molecule has 6 nitrogen and oxygen atoms in total. The molecule has 0 unspecified atom stereocenters. The maximum Gasteiger partial charge on any atom is 0.237 e. The standard InChI is InChI=1S/C19H26N2O4S2/c1-13(11-18(22)21-9-5-3-4-6-10-21)27(24,25)15-7-8-17-16(12-15)20-19(23)14(2)26-17/h7-8,12-14H,3-6,9-11H2,1-2H3,(H,20,23)/t13-,14-/m0/s1. The molecule has 0 spiro atoms. The summed E-state index contributed by atoms with van der Waals surface area (Å²) in [6, 6.07) is 4.80. The van der Waals surface area contributed by atoms with E-state index in [2.05, 4.69) is 5.32 Å². The largest absolute Gasteiger partial charge is 0.343 e. The summed E-state index contributed by atoms with van der Waals surface area (Å²) in [6.45, 7) is 4.82. The molecular formula is C19H26N2O4S2. The van der Waals surface area contributed by atoms with Crippen molar-refractivity contribution in [2.75, 3.05) is 18.4 Å². The maximum atomic E-state index is 13.0. The zero-order valence-corrected chi connectivity index (χ0v) is 17.4. The molecule has 2 amide bonds. The summed E-state index contributed by atoms with van der Waals surface area (Å²) in [5.74, 6) is -0.227.